The number of nitrogens with zero attached hydrogens (tertiary/aromatic N) is 2. The number of carbonyl (C=O) groups excluding carboxylic acids is 1. The molecule has 0 aliphatic rings. The Bertz CT molecular complexity index is 612. The summed E-state index contributed by atoms with van der Waals surface area (Å²) >= 11 is 7.17. The number of ether oxygens (including phenoxy) is 1. The zero-order valence-corrected chi connectivity index (χ0v) is 12.4. The fourth-order valence-electron chi connectivity index (χ4n) is 1.70. The molecule has 1 aromatic carbocycles. The normalized spacial score (nSPS) is 10.3. The van der Waals surface area contributed by atoms with Gasteiger partial charge in [0.25, 0.3) is 0 Å². The number of methoxy groups -OCH3 is 1. The van der Waals surface area contributed by atoms with Gasteiger partial charge in [0, 0.05) is 12.7 Å². The van der Waals surface area contributed by atoms with Crippen LogP contribution in [0.15, 0.2) is 24.3 Å². The van der Waals surface area contributed by atoms with Crippen LogP contribution in [0.5, 0.6) is 0 Å². The molecule has 0 fully saturated rings. The summed E-state index contributed by atoms with van der Waals surface area (Å²) in [6.45, 7) is 2.02. The van der Waals surface area contributed by atoms with Crippen molar-refractivity contribution in [3.8, 4) is 0 Å². The van der Waals surface area contributed by atoms with Crippen molar-refractivity contribution in [2.45, 2.75) is 6.92 Å². The lowest BCUT2D eigenvalue weighted by Crippen LogP contribution is -2.10. The first kappa shape index (κ1) is 13.8. The standard InChI is InChI=1S/C13H13ClN2O2S/c1-8-6-4-5-7-9(8)16(2)13-15-11(14)10(19-13)12(17)18-3/h4-7H,1-3H3. The second-order valence-corrected chi connectivity index (χ2v) is 5.29. The summed E-state index contributed by atoms with van der Waals surface area (Å²) in [6.07, 6.45) is 0. The lowest BCUT2D eigenvalue weighted by molar-refractivity contribution is 0.0606. The van der Waals surface area contributed by atoms with E-state index >= 15 is 0 Å². The minimum Gasteiger partial charge on any atom is -0.465 e. The van der Waals surface area contributed by atoms with Crippen LogP contribution in [0.3, 0.4) is 0 Å². The second-order valence-electron chi connectivity index (χ2n) is 3.95. The molecular weight excluding hydrogens is 284 g/mol. The van der Waals surface area contributed by atoms with Crippen LogP contribution in [-0.4, -0.2) is 25.1 Å². The van der Waals surface area contributed by atoms with Gasteiger partial charge in [0.1, 0.15) is 0 Å². The fourth-order valence-corrected chi connectivity index (χ4v) is 2.87. The number of carbonyl (C=O) groups is 1. The van der Waals surface area contributed by atoms with E-state index in [9.17, 15) is 4.79 Å². The maximum absolute atomic E-state index is 11.5. The third kappa shape index (κ3) is 2.72. The molecule has 0 amide bonds. The van der Waals surface area contributed by atoms with Crippen molar-refractivity contribution in [3.05, 3.63) is 39.9 Å². The molecule has 0 aliphatic carbocycles. The summed E-state index contributed by atoms with van der Waals surface area (Å²) in [4.78, 5) is 17.9. The van der Waals surface area contributed by atoms with Gasteiger partial charge < -0.3 is 9.64 Å². The van der Waals surface area contributed by atoms with Crippen molar-refractivity contribution in [2.75, 3.05) is 19.1 Å². The minimum absolute atomic E-state index is 0.173. The number of halogens is 1. The number of esters is 1. The summed E-state index contributed by atoms with van der Waals surface area (Å²) in [5.41, 5.74) is 2.14. The molecule has 0 atom stereocenters. The molecule has 0 spiro atoms. The highest BCUT2D eigenvalue weighted by Gasteiger charge is 2.20. The lowest BCUT2D eigenvalue weighted by atomic mass is 10.2. The summed E-state index contributed by atoms with van der Waals surface area (Å²) in [5, 5.41) is 0.826. The Hall–Kier alpha value is -1.59. The molecule has 2 rings (SSSR count). The monoisotopic (exact) mass is 296 g/mol. The minimum atomic E-state index is -0.466. The van der Waals surface area contributed by atoms with Crippen LogP contribution in [0.25, 0.3) is 0 Å². The number of hydrogen-bond donors (Lipinski definition) is 0. The number of hydrogen-bond acceptors (Lipinski definition) is 5. The molecule has 1 heterocycles. The molecule has 19 heavy (non-hydrogen) atoms. The number of aryl methyl sites for hydroxylation is 1. The van der Waals surface area contributed by atoms with Crippen LogP contribution >= 0.6 is 22.9 Å². The van der Waals surface area contributed by atoms with Crippen molar-refractivity contribution >= 4 is 39.7 Å². The van der Waals surface area contributed by atoms with E-state index in [0.717, 1.165) is 11.3 Å². The van der Waals surface area contributed by atoms with Gasteiger partial charge in [-0.1, -0.05) is 41.1 Å². The summed E-state index contributed by atoms with van der Waals surface area (Å²) in [7, 11) is 3.21. The second kappa shape index (κ2) is 5.59. The lowest BCUT2D eigenvalue weighted by Gasteiger charge is -2.17. The van der Waals surface area contributed by atoms with Crippen LogP contribution in [-0.2, 0) is 4.74 Å². The van der Waals surface area contributed by atoms with Gasteiger partial charge in [0.2, 0.25) is 0 Å². The maximum Gasteiger partial charge on any atom is 0.351 e. The average molecular weight is 297 g/mol. The van der Waals surface area contributed by atoms with Crippen LogP contribution in [0.1, 0.15) is 15.2 Å². The molecule has 0 saturated heterocycles. The van der Waals surface area contributed by atoms with Gasteiger partial charge in [0.05, 0.1) is 7.11 Å². The number of aromatic nitrogens is 1. The number of thiazole rings is 1. The Morgan fingerprint density at radius 2 is 2.11 bits per heavy atom. The van der Waals surface area contributed by atoms with Gasteiger partial charge in [0.15, 0.2) is 15.2 Å². The predicted octanol–water partition coefficient (Wildman–Crippen LogP) is 3.66. The van der Waals surface area contributed by atoms with Crippen molar-refractivity contribution in [3.63, 3.8) is 0 Å². The molecule has 0 aliphatic heterocycles. The van der Waals surface area contributed by atoms with Gasteiger partial charge in [-0.05, 0) is 18.6 Å². The Kier molecular flexibility index (Phi) is 4.07. The summed E-state index contributed by atoms with van der Waals surface area (Å²) < 4.78 is 4.67. The largest absolute Gasteiger partial charge is 0.465 e. The first-order valence-corrected chi connectivity index (χ1v) is 6.78. The van der Waals surface area contributed by atoms with Gasteiger partial charge >= 0.3 is 5.97 Å². The molecule has 100 valence electrons. The van der Waals surface area contributed by atoms with E-state index in [1.165, 1.54) is 18.4 Å². The van der Waals surface area contributed by atoms with E-state index in [1.54, 1.807) is 0 Å². The van der Waals surface area contributed by atoms with E-state index < -0.39 is 5.97 Å². The van der Waals surface area contributed by atoms with Gasteiger partial charge in [-0.2, -0.15) is 0 Å². The van der Waals surface area contributed by atoms with E-state index in [-0.39, 0.29) is 5.15 Å². The van der Waals surface area contributed by atoms with Crippen molar-refractivity contribution < 1.29 is 9.53 Å². The topological polar surface area (TPSA) is 42.4 Å². The predicted molar refractivity (Wildman–Crippen MR) is 77.7 cm³/mol. The molecule has 6 heteroatoms. The maximum atomic E-state index is 11.5. The quantitative estimate of drug-likeness (QED) is 0.811. The highest BCUT2D eigenvalue weighted by atomic mass is 35.5. The highest BCUT2D eigenvalue weighted by molar-refractivity contribution is 7.18. The molecule has 0 unspecified atom stereocenters. The van der Waals surface area contributed by atoms with Crippen LogP contribution in [0.2, 0.25) is 5.15 Å². The highest BCUT2D eigenvalue weighted by Crippen LogP contribution is 2.34. The summed E-state index contributed by atoms with van der Waals surface area (Å²) in [6, 6.07) is 7.93. The number of para-hydroxylation sites is 1. The Morgan fingerprint density at radius 3 is 2.74 bits per heavy atom. The SMILES string of the molecule is COC(=O)c1sc(N(C)c2ccccc2C)nc1Cl. The molecule has 2 aromatic rings. The van der Waals surface area contributed by atoms with E-state index in [1.807, 2.05) is 43.1 Å². The van der Waals surface area contributed by atoms with Crippen molar-refractivity contribution in [1.29, 1.82) is 0 Å². The van der Waals surface area contributed by atoms with E-state index in [4.69, 9.17) is 11.6 Å². The van der Waals surface area contributed by atoms with Crippen LogP contribution in [0, 0.1) is 6.92 Å². The first-order chi connectivity index (χ1) is 9.04. The van der Waals surface area contributed by atoms with Gasteiger partial charge in [-0.3, -0.25) is 0 Å². The van der Waals surface area contributed by atoms with Gasteiger partial charge in [-0.15, -0.1) is 0 Å². The van der Waals surface area contributed by atoms with Crippen LogP contribution in [0.4, 0.5) is 10.8 Å². The Morgan fingerprint density at radius 1 is 1.42 bits per heavy atom. The zero-order valence-electron chi connectivity index (χ0n) is 10.8. The van der Waals surface area contributed by atoms with E-state index in [0.29, 0.717) is 10.0 Å². The molecule has 0 saturated carbocycles. The smallest absolute Gasteiger partial charge is 0.351 e. The zero-order chi connectivity index (χ0) is 14.0. The van der Waals surface area contributed by atoms with Crippen molar-refractivity contribution in [1.82, 2.24) is 4.98 Å². The molecular formula is C13H13ClN2O2S. The third-order valence-electron chi connectivity index (χ3n) is 2.71. The van der Waals surface area contributed by atoms with Crippen LogP contribution < -0.4 is 4.90 Å². The van der Waals surface area contributed by atoms with Gasteiger partial charge in [-0.25, -0.2) is 9.78 Å². The molecule has 1 aromatic heterocycles. The molecule has 0 radical (unpaired) electrons. The molecule has 0 N–H and O–H groups in total. The Labute approximate surface area is 120 Å². The number of anilines is 2. The van der Waals surface area contributed by atoms with E-state index in [2.05, 4.69) is 9.72 Å². The fraction of sp³-hybridized carbons (Fsp3) is 0.231. The third-order valence-corrected chi connectivity index (χ3v) is 4.21. The van der Waals surface area contributed by atoms with Crippen molar-refractivity contribution in [2.24, 2.45) is 0 Å². The molecule has 0 bridgehead atoms. The number of benzene rings is 1. The Balaban J connectivity index is 2.38. The summed E-state index contributed by atoms with van der Waals surface area (Å²) in [5.74, 6) is -0.466. The average Bonchev–Trinajstić information content (AvgIpc) is 2.80. The first-order valence-electron chi connectivity index (χ1n) is 5.58. The number of rotatable bonds is 3. The molecule has 4 nitrogen and oxygen atoms in total.